The van der Waals surface area contributed by atoms with Crippen LogP contribution in [0.5, 0.6) is 0 Å². The Balaban J connectivity index is 1.80. The van der Waals surface area contributed by atoms with E-state index in [-0.39, 0.29) is 0 Å². The minimum absolute atomic E-state index is 0.498. The van der Waals surface area contributed by atoms with Gasteiger partial charge in [-0.2, -0.15) is 0 Å². The van der Waals surface area contributed by atoms with Gasteiger partial charge in [0.25, 0.3) is 0 Å². The first kappa shape index (κ1) is 13.8. The van der Waals surface area contributed by atoms with E-state index in [0.29, 0.717) is 11.7 Å². The number of hydrazine groups is 1. The highest BCUT2D eigenvalue weighted by Gasteiger charge is 2.28. The summed E-state index contributed by atoms with van der Waals surface area (Å²) in [7, 11) is 0. The summed E-state index contributed by atoms with van der Waals surface area (Å²) in [6, 6.07) is 8.49. The van der Waals surface area contributed by atoms with Crippen molar-refractivity contribution in [1.82, 2.24) is 9.97 Å². The summed E-state index contributed by atoms with van der Waals surface area (Å²) in [4.78, 5) is 9.15. The van der Waals surface area contributed by atoms with E-state index in [9.17, 15) is 0 Å². The molecule has 0 radical (unpaired) electrons. The molecule has 1 aliphatic carbocycles. The zero-order chi connectivity index (χ0) is 14.8. The normalized spacial score (nSPS) is 14.0. The molecular weight excluding hydrogens is 262 g/mol. The molecule has 5 heteroatoms. The van der Waals surface area contributed by atoms with E-state index in [2.05, 4.69) is 51.9 Å². The Hall–Kier alpha value is -2.14. The summed E-state index contributed by atoms with van der Waals surface area (Å²) in [5, 5.41) is 3.40. The third kappa shape index (κ3) is 3.13. The molecule has 0 unspecified atom stereocenters. The molecule has 1 heterocycles. The highest BCUT2D eigenvalue weighted by atomic mass is 15.3. The van der Waals surface area contributed by atoms with E-state index < -0.39 is 0 Å². The number of nitrogens with two attached hydrogens (primary N) is 1. The maximum Gasteiger partial charge on any atom is 0.148 e. The topological polar surface area (TPSA) is 75.9 Å². The molecule has 1 aliphatic rings. The van der Waals surface area contributed by atoms with Crippen LogP contribution in [0.4, 0.5) is 11.6 Å². The van der Waals surface area contributed by atoms with E-state index in [4.69, 9.17) is 5.84 Å². The second-order valence-corrected chi connectivity index (χ2v) is 5.66. The van der Waals surface area contributed by atoms with Crippen LogP contribution in [-0.4, -0.2) is 9.97 Å². The molecule has 0 bridgehead atoms. The summed E-state index contributed by atoms with van der Waals surface area (Å²) < 4.78 is 0. The molecule has 21 heavy (non-hydrogen) atoms. The average Bonchev–Trinajstić information content (AvgIpc) is 3.32. The summed E-state index contributed by atoms with van der Waals surface area (Å²) in [5.74, 6) is 8.52. The van der Waals surface area contributed by atoms with Crippen LogP contribution in [-0.2, 0) is 6.54 Å². The Morgan fingerprint density at radius 1 is 1.10 bits per heavy atom. The van der Waals surface area contributed by atoms with Gasteiger partial charge >= 0.3 is 0 Å². The first-order valence-electron chi connectivity index (χ1n) is 7.32. The van der Waals surface area contributed by atoms with Crippen LogP contribution in [0.25, 0.3) is 0 Å². The largest absolute Gasteiger partial charge is 0.366 e. The van der Waals surface area contributed by atoms with Crippen LogP contribution in [0.3, 0.4) is 0 Å². The van der Waals surface area contributed by atoms with Crippen molar-refractivity contribution in [2.45, 2.75) is 39.2 Å². The van der Waals surface area contributed by atoms with E-state index in [1.807, 2.05) is 6.92 Å². The van der Waals surface area contributed by atoms with Crippen LogP contribution >= 0.6 is 0 Å². The third-order valence-corrected chi connectivity index (χ3v) is 3.82. The number of rotatable bonds is 5. The molecule has 0 aliphatic heterocycles. The Labute approximate surface area is 125 Å². The Bertz CT molecular complexity index is 632. The minimum atomic E-state index is 0.498. The molecule has 0 spiro atoms. The lowest BCUT2D eigenvalue weighted by Crippen LogP contribution is -2.14. The van der Waals surface area contributed by atoms with Gasteiger partial charge in [0, 0.05) is 18.0 Å². The molecule has 4 N–H and O–H groups in total. The highest BCUT2D eigenvalue weighted by molar-refractivity contribution is 5.57. The fourth-order valence-corrected chi connectivity index (χ4v) is 2.26. The lowest BCUT2D eigenvalue weighted by atomic mass is 10.1. The number of nitrogen functional groups attached to an aromatic ring is 1. The number of aromatic nitrogens is 2. The predicted molar refractivity (Wildman–Crippen MR) is 85.1 cm³/mol. The number of anilines is 2. The third-order valence-electron chi connectivity index (χ3n) is 3.82. The quantitative estimate of drug-likeness (QED) is 0.581. The second-order valence-electron chi connectivity index (χ2n) is 5.66. The maximum atomic E-state index is 5.56. The van der Waals surface area contributed by atoms with Gasteiger partial charge < -0.3 is 10.7 Å². The van der Waals surface area contributed by atoms with Crippen molar-refractivity contribution in [2.75, 3.05) is 10.7 Å². The van der Waals surface area contributed by atoms with E-state index >= 15 is 0 Å². The van der Waals surface area contributed by atoms with Crippen molar-refractivity contribution in [2.24, 2.45) is 5.84 Å². The zero-order valence-electron chi connectivity index (χ0n) is 12.5. The molecule has 1 aromatic carbocycles. The van der Waals surface area contributed by atoms with Gasteiger partial charge in [-0.25, -0.2) is 15.8 Å². The maximum absolute atomic E-state index is 5.56. The van der Waals surface area contributed by atoms with Gasteiger partial charge in [0.15, 0.2) is 0 Å². The molecule has 3 rings (SSSR count). The van der Waals surface area contributed by atoms with Crippen molar-refractivity contribution in [1.29, 1.82) is 0 Å². The van der Waals surface area contributed by atoms with E-state index in [1.54, 1.807) is 0 Å². The molecule has 0 atom stereocenters. The predicted octanol–water partition coefficient (Wildman–Crippen LogP) is 2.87. The molecular formula is C16H21N5. The Kier molecular flexibility index (Phi) is 3.75. The molecule has 2 aromatic rings. The molecule has 1 aromatic heterocycles. The first-order chi connectivity index (χ1) is 10.2. The van der Waals surface area contributed by atoms with Gasteiger partial charge in [0.2, 0.25) is 0 Å². The fourth-order valence-electron chi connectivity index (χ4n) is 2.26. The van der Waals surface area contributed by atoms with Crippen molar-refractivity contribution < 1.29 is 0 Å². The first-order valence-corrected chi connectivity index (χ1v) is 7.32. The van der Waals surface area contributed by atoms with Gasteiger partial charge in [0.05, 0.1) is 0 Å². The Morgan fingerprint density at radius 3 is 2.38 bits per heavy atom. The van der Waals surface area contributed by atoms with Crippen LogP contribution in [0.15, 0.2) is 24.3 Å². The molecule has 1 saturated carbocycles. The van der Waals surface area contributed by atoms with Crippen molar-refractivity contribution >= 4 is 11.6 Å². The number of nitrogens with one attached hydrogen (secondary N) is 2. The van der Waals surface area contributed by atoms with Gasteiger partial charge in [0.1, 0.15) is 17.5 Å². The molecule has 110 valence electrons. The fraction of sp³-hybridized carbons (Fsp3) is 0.375. The number of hydrogen-bond acceptors (Lipinski definition) is 5. The molecule has 1 fully saturated rings. The van der Waals surface area contributed by atoms with Crippen molar-refractivity contribution in [3.8, 4) is 0 Å². The van der Waals surface area contributed by atoms with Gasteiger partial charge in [-0.3, -0.25) is 0 Å². The van der Waals surface area contributed by atoms with Crippen molar-refractivity contribution in [3.05, 3.63) is 46.8 Å². The highest BCUT2D eigenvalue weighted by Crippen LogP contribution is 2.39. The number of benzene rings is 1. The number of nitrogens with zero attached hydrogens (tertiary/aromatic N) is 2. The SMILES string of the molecule is Cc1ccc(CNc2nc(C3CC3)nc(NN)c2C)cc1. The molecule has 5 nitrogen and oxygen atoms in total. The summed E-state index contributed by atoms with van der Waals surface area (Å²) in [6.07, 6.45) is 2.34. The van der Waals surface area contributed by atoms with Crippen LogP contribution in [0.1, 0.15) is 41.3 Å². The van der Waals surface area contributed by atoms with E-state index in [0.717, 1.165) is 23.8 Å². The second kappa shape index (κ2) is 5.69. The monoisotopic (exact) mass is 283 g/mol. The van der Waals surface area contributed by atoms with Crippen LogP contribution in [0.2, 0.25) is 0 Å². The minimum Gasteiger partial charge on any atom is -0.366 e. The number of hydrogen-bond donors (Lipinski definition) is 3. The zero-order valence-corrected chi connectivity index (χ0v) is 12.5. The van der Waals surface area contributed by atoms with Gasteiger partial charge in [-0.1, -0.05) is 29.8 Å². The average molecular weight is 283 g/mol. The van der Waals surface area contributed by atoms with Crippen molar-refractivity contribution in [3.63, 3.8) is 0 Å². The van der Waals surface area contributed by atoms with Crippen LogP contribution in [0, 0.1) is 13.8 Å². The van der Waals surface area contributed by atoms with Gasteiger partial charge in [-0.05, 0) is 32.3 Å². The summed E-state index contributed by atoms with van der Waals surface area (Å²) in [6.45, 7) is 4.81. The summed E-state index contributed by atoms with van der Waals surface area (Å²) in [5.41, 5.74) is 6.12. The molecule has 0 saturated heterocycles. The Morgan fingerprint density at radius 2 is 1.76 bits per heavy atom. The lowest BCUT2D eigenvalue weighted by Gasteiger charge is -2.13. The smallest absolute Gasteiger partial charge is 0.148 e. The van der Waals surface area contributed by atoms with Crippen LogP contribution < -0.4 is 16.6 Å². The lowest BCUT2D eigenvalue weighted by molar-refractivity contribution is 0.910. The number of aryl methyl sites for hydroxylation is 1. The summed E-state index contributed by atoms with van der Waals surface area (Å²) >= 11 is 0. The van der Waals surface area contributed by atoms with Gasteiger partial charge in [-0.15, -0.1) is 0 Å². The van der Waals surface area contributed by atoms with E-state index in [1.165, 1.54) is 24.0 Å². The standard InChI is InChI=1S/C16H21N5/c1-10-3-5-12(6-4-10)9-18-14-11(2)15(21-17)20-16(19-14)13-7-8-13/h3-6,13H,7-9,17H2,1-2H3,(H2,18,19,20,21). The molecule has 0 amide bonds.